The lowest BCUT2D eigenvalue weighted by Crippen LogP contribution is -2.46. The zero-order chi connectivity index (χ0) is 17.9. The summed E-state index contributed by atoms with van der Waals surface area (Å²) in [7, 11) is 0. The van der Waals surface area contributed by atoms with Crippen LogP contribution in [0.1, 0.15) is 26.3 Å². The summed E-state index contributed by atoms with van der Waals surface area (Å²) in [6, 6.07) is 8.76. The molecule has 3 N–H and O–H groups in total. The van der Waals surface area contributed by atoms with Crippen LogP contribution in [0.3, 0.4) is 0 Å². The van der Waals surface area contributed by atoms with Crippen molar-refractivity contribution in [3.63, 3.8) is 0 Å². The topological polar surface area (TPSA) is 87.3 Å². The summed E-state index contributed by atoms with van der Waals surface area (Å²) in [6.07, 6.45) is 3.07. The second kappa shape index (κ2) is 10.2. The predicted octanol–water partition coefficient (Wildman–Crippen LogP) is 1.09. The fourth-order valence-electron chi connectivity index (χ4n) is 1.79. The first-order valence-electron chi connectivity index (χ1n) is 7.99. The van der Waals surface area contributed by atoms with Crippen molar-refractivity contribution in [2.24, 2.45) is 5.92 Å². The van der Waals surface area contributed by atoms with Gasteiger partial charge in [0.25, 0.3) is 0 Å². The Bertz CT molecular complexity index is 582. The normalized spacial score (nSPS) is 12.0. The van der Waals surface area contributed by atoms with E-state index < -0.39 is 6.04 Å². The maximum Gasteiger partial charge on any atom is 0.244 e. The molecule has 0 aliphatic heterocycles. The molecule has 0 bridgehead atoms. The van der Waals surface area contributed by atoms with Crippen LogP contribution >= 0.6 is 0 Å². The molecule has 0 saturated heterocycles. The lowest BCUT2D eigenvalue weighted by molar-refractivity contribution is -0.127. The van der Waals surface area contributed by atoms with Crippen LogP contribution in [0.2, 0.25) is 0 Å². The monoisotopic (exact) mass is 331 g/mol. The van der Waals surface area contributed by atoms with Crippen molar-refractivity contribution >= 4 is 23.8 Å². The van der Waals surface area contributed by atoms with Crippen molar-refractivity contribution in [2.75, 3.05) is 13.1 Å². The second-order valence-electron chi connectivity index (χ2n) is 5.71. The molecule has 0 aliphatic rings. The Morgan fingerprint density at radius 2 is 1.54 bits per heavy atom. The van der Waals surface area contributed by atoms with Crippen LogP contribution < -0.4 is 16.0 Å². The third-order valence-corrected chi connectivity index (χ3v) is 3.23. The highest BCUT2D eigenvalue weighted by Crippen LogP contribution is 2.00. The standard InChI is InChI=1S/C18H25N3O3/c1-13(2)17(23)19-11-12-20-18(24)14(3)21-16(22)10-9-15-7-5-4-6-8-15/h4-10,13-14H,11-12H2,1-3H3,(H,19,23)(H,20,24)(H,21,22)/b10-9+. The number of hydrogen-bond donors (Lipinski definition) is 3. The summed E-state index contributed by atoms with van der Waals surface area (Å²) < 4.78 is 0. The first-order valence-corrected chi connectivity index (χ1v) is 7.99. The van der Waals surface area contributed by atoms with E-state index >= 15 is 0 Å². The molecule has 3 amide bonds. The summed E-state index contributed by atoms with van der Waals surface area (Å²) in [5, 5.41) is 7.96. The number of nitrogens with one attached hydrogen (secondary N) is 3. The van der Waals surface area contributed by atoms with Gasteiger partial charge >= 0.3 is 0 Å². The zero-order valence-corrected chi connectivity index (χ0v) is 14.3. The van der Waals surface area contributed by atoms with Gasteiger partial charge in [0.05, 0.1) is 0 Å². The largest absolute Gasteiger partial charge is 0.354 e. The fraction of sp³-hybridized carbons (Fsp3) is 0.389. The molecule has 24 heavy (non-hydrogen) atoms. The van der Waals surface area contributed by atoms with E-state index in [1.165, 1.54) is 6.08 Å². The van der Waals surface area contributed by atoms with E-state index in [9.17, 15) is 14.4 Å². The van der Waals surface area contributed by atoms with E-state index in [-0.39, 0.29) is 23.6 Å². The van der Waals surface area contributed by atoms with Crippen LogP contribution in [0.5, 0.6) is 0 Å². The van der Waals surface area contributed by atoms with Crippen LogP contribution in [0, 0.1) is 5.92 Å². The minimum Gasteiger partial charge on any atom is -0.354 e. The van der Waals surface area contributed by atoms with Gasteiger partial charge in [-0.15, -0.1) is 0 Å². The molecule has 130 valence electrons. The first kappa shape index (κ1) is 19.4. The van der Waals surface area contributed by atoms with Crippen molar-refractivity contribution < 1.29 is 14.4 Å². The number of carbonyl (C=O) groups excluding carboxylic acids is 3. The molecule has 0 radical (unpaired) electrons. The fourth-order valence-corrected chi connectivity index (χ4v) is 1.79. The summed E-state index contributed by atoms with van der Waals surface area (Å²) in [5.74, 6) is -0.781. The van der Waals surface area contributed by atoms with Gasteiger partial charge in [0.1, 0.15) is 6.04 Å². The van der Waals surface area contributed by atoms with E-state index in [4.69, 9.17) is 0 Å². The van der Waals surface area contributed by atoms with E-state index in [2.05, 4.69) is 16.0 Å². The number of amides is 3. The van der Waals surface area contributed by atoms with Gasteiger partial charge in [-0.25, -0.2) is 0 Å². The molecule has 6 nitrogen and oxygen atoms in total. The molecule has 0 fully saturated rings. The lowest BCUT2D eigenvalue weighted by atomic mass is 10.2. The van der Waals surface area contributed by atoms with Crippen molar-refractivity contribution in [2.45, 2.75) is 26.8 Å². The van der Waals surface area contributed by atoms with Gasteiger partial charge in [0, 0.05) is 25.1 Å². The molecule has 0 aliphatic carbocycles. The Morgan fingerprint density at radius 1 is 0.958 bits per heavy atom. The summed E-state index contributed by atoms with van der Waals surface area (Å²) in [5.41, 5.74) is 0.908. The molecular weight excluding hydrogens is 306 g/mol. The molecule has 1 aromatic carbocycles. The SMILES string of the molecule is CC(C)C(=O)NCCNC(=O)C(C)NC(=O)/C=C/c1ccccc1. The van der Waals surface area contributed by atoms with Gasteiger partial charge in [-0.3, -0.25) is 14.4 Å². The van der Waals surface area contributed by atoms with E-state index in [0.717, 1.165) is 5.56 Å². The number of carbonyl (C=O) groups is 3. The van der Waals surface area contributed by atoms with Crippen molar-refractivity contribution in [1.82, 2.24) is 16.0 Å². The number of hydrogen-bond acceptors (Lipinski definition) is 3. The molecule has 0 aromatic heterocycles. The summed E-state index contributed by atoms with van der Waals surface area (Å²) in [4.78, 5) is 35.0. The van der Waals surface area contributed by atoms with E-state index in [0.29, 0.717) is 13.1 Å². The van der Waals surface area contributed by atoms with E-state index in [1.807, 2.05) is 30.3 Å². The van der Waals surface area contributed by atoms with Crippen molar-refractivity contribution in [3.8, 4) is 0 Å². The molecule has 1 aromatic rings. The molecule has 0 spiro atoms. The number of rotatable bonds is 8. The third-order valence-electron chi connectivity index (χ3n) is 3.23. The third kappa shape index (κ3) is 7.58. The van der Waals surface area contributed by atoms with Crippen LogP contribution in [0.4, 0.5) is 0 Å². The van der Waals surface area contributed by atoms with Crippen LogP contribution in [0.15, 0.2) is 36.4 Å². The highest BCUT2D eigenvalue weighted by Gasteiger charge is 2.13. The Labute approximate surface area is 142 Å². The molecule has 6 heteroatoms. The summed E-state index contributed by atoms with van der Waals surface area (Å²) in [6.45, 7) is 5.88. The smallest absolute Gasteiger partial charge is 0.244 e. The Hall–Kier alpha value is -2.63. The molecule has 0 saturated carbocycles. The van der Waals surface area contributed by atoms with E-state index in [1.54, 1.807) is 26.8 Å². The van der Waals surface area contributed by atoms with Gasteiger partial charge < -0.3 is 16.0 Å². The second-order valence-corrected chi connectivity index (χ2v) is 5.71. The zero-order valence-electron chi connectivity index (χ0n) is 14.3. The predicted molar refractivity (Wildman–Crippen MR) is 93.9 cm³/mol. The lowest BCUT2D eigenvalue weighted by Gasteiger charge is -2.13. The number of benzene rings is 1. The molecule has 1 unspecified atom stereocenters. The average molecular weight is 331 g/mol. The summed E-state index contributed by atoms with van der Waals surface area (Å²) >= 11 is 0. The van der Waals surface area contributed by atoms with Gasteiger partial charge in [-0.2, -0.15) is 0 Å². The molecule has 1 rings (SSSR count). The molecule has 1 atom stereocenters. The quantitative estimate of drug-likeness (QED) is 0.492. The van der Waals surface area contributed by atoms with Crippen molar-refractivity contribution in [1.29, 1.82) is 0 Å². The maximum absolute atomic E-state index is 11.9. The van der Waals surface area contributed by atoms with Crippen molar-refractivity contribution in [3.05, 3.63) is 42.0 Å². The Morgan fingerprint density at radius 3 is 2.12 bits per heavy atom. The van der Waals surface area contributed by atoms with Crippen LogP contribution in [-0.2, 0) is 14.4 Å². The Kier molecular flexibility index (Phi) is 8.25. The van der Waals surface area contributed by atoms with Gasteiger partial charge in [0.15, 0.2) is 0 Å². The average Bonchev–Trinajstić information content (AvgIpc) is 2.57. The maximum atomic E-state index is 11.9. The first-order chi connectivity index (χ1) is 11.4. The molecule has 0 heterocycles. The minimum atomic E-state index is -0.654. The van der Waals surface area contributed by atoms with Crippen LogP contribution in [-0.4, -0.2) is 36.9 Å². The van der Waals surface area contributed by atoms with Crippen LogP contribution in [0.25, 0.3) is 6.08 Å². The highest BCUT2D eigenvalue weighted by molar-refractivity contribution is 5.95. The van der Waals surface area contributed by atoms with Gasteiger partial charge in [-0.1, -0.05) is 44.2 Å². The Balaban J connectivity index is 2.29. The molecular formula is C18H25N3O3. The minimum absolute atomic E-state index is 0.0587. The highest BCUT2D eigenvalue weighted by atomic mass is 16.2. The van der Waals surface area contributed by atoms with Gasteiger partial charge in [0.2, 0.25) is 17.7 Å². The van der Waals surface area contributed by atoms with Gasteiger partial charge in [-0.05, 0) is 18.6 Å².